The van der Waals surface area contributed by atoms with Gasteiger partial charge in [-0.1, -0.05) is 6.07 Å². The van der Waals surface area contributed by atoms with Crippen LogP contribution in [0.2, 0.25) is 0 Å². The van der Waals surface area contributed by atoms with Crippen LogP contribution in [0.5, 0.6) is 6.01 Å². The topological polar surface area (TPSA) is 89.7 Å². The molecule has 1 N–H and O–H groups in total. The van der Waals surface area contributed by atoms with Gasteiger partial charge in [-0.2, -0.15) is 14.6 Å². The predicted molar refractivity (Wildman–Crippen MR) is 108 cm³/mol. The maximum Gasteiger partial charge on any atom is 0.321 e. The molecule has 3 aromatic heterocycles. The van der Waals surface area contributed by atoms with Gasteiger partial charge < -0.3 is 19.7 Å². The van der Waals surface area contributed by atoms with Gasteiger partial charge in [0.25, 0.3) is 0 Å². The van der Waals surface area contributed by atoms with Crippen LogP contribution in [0.15, 0.2) is 36.8 Å². The summed E-state index contributed by atoms with van der Waals surface area (Å²) >= 11 is 0. The molecule has 0 spiro atoms. The molecule has 5 rings (SSSR count). The van der Waals surface area contributed by atoms with E-state index in [-0.39, 0.29) is 6.10 Å². The highest BCUT2D eigenvalue weighted by molar-refractivity contribution is 5.52. The van der Waals surface area contributed by atoms with Crippen molar-refractivity contribution in [1.82, 2.24) is 24.6 Å². The van der Waals surface area contributed by atoms with E-state index in [0.29, 0.717) is 25.3 Å². The molecular weight excluding hydrogens is 370 g/mol. The molecule has 0 radical (unpaired) electrons. The largest absolute Gasteiger partial charge is 0.460 e. The molecule has 4 heterocycles. The van der Waals surface area contributed by atoms with Crippen LogP contribution in [0.3, 0.4) is 0 Å². The van der Waals surface area contributed by atoms with Crippen LogP contribution in [-0.4, -0.2) is 63.0 Å². The van der Waals surface area contributed by atoms with E-state index >= 15 is 0 Å². The van der Waals surface area contributed by atoms with Crippen LogP contribution in [0.1, 0.15) is 25.7 Å². The number of aromatic nitrogens is 5. The van der Waals surface area contributed by atoms with Gasteiger partial charge >= 0.3 is 6.01 Å². The first-order valence-corrected chi connectivity index (χ1v) is 10.2. The summed E-state index contributed by atoms with van der Waals surface area (Å²) in [4.78, 5) is 15.7. The Morgan fingerprint density at radius 2 is 1.93 bits per heavy atom. The minimum Gasteiger partial charge on any atom is -0.460 e. The zero-order chi connectivity index (χ0) is 19.5. The first-order valence-electron chi connectivity index (χ1n) is 10.2. The van der Waals surface area contributed by atoms with Gasteiger partial charge in [-0.05, 0) is 37.8 Å². The second-order valence-corrected chi connectivity index (χ2v) is 7.48. The second-order valence-electron chi connectivity index (χ2n) is 7.48. The molecule has 152 valence electrons. The summed E-state index contributed by atoms with van der Waals surface area (Å²) in [6, 6.07) is 8.83. The molecule has 0 amide bonds. The number of hydrogen-bond acceptors (Lipinski definition) is 8. The monoisotopic (exact) mass is 395 g/mol. The fourth-order valence-electron chi connectivity index (χ4n) is 3.95. The number of fused-ring (bicyclic) bond motifs is 1. The number of rotatable bonds is 5. The summed E-state index contributed by atoms with van der Waals surface area (Å²) in [7, 11) is 0. The molecule has 9 heteroatoms. The lowest BCUT2D eigenvalue weighted by atomic mass is 9.93. The Bertz CT molecular complexity index is 934. The third-order valence-corrected chi connectivity index (χ3v) is 5.52. The van der Waals surface area contributed by atoms with E-state index in [0.717, 1.165) is 56.1 Å². The van der Waals surface area contributed by atoms with Gasteiger partial charge in [-0.15, -0.1) is 0 Å². The number of anilines is 2. The minimum atomic E-state index is 0.122. The van der Waals surface area contributed by atoms with Gasteiger partial charge in [-0.25, -0.2) is 9.97 Å². The van der Waals surface area contributed by atoms with Gasteiger partial charge in [-0.3, -0.25) is 0 Å². The molecule has 3 aromatic rings. The van der Waals surface area contributed by atoms with Crippen molar-refractivity contribution in [2.75, 3.05) is 36.5 Å². The first-order chi connectivity index (χ1) is 14.3. The van der Waals surface area contributed by atoms with Crippen molar-refractivity contribution >= 4 is 17.3 Å². The van der Waals surface area contributed by atoms with Crippen LogP contribution in [0.4, 0.5) is 11.6 Å². The lowest BCUT2D eigenvalue weighted by molar-refractivity contribution is 0.121. The Hall–Kier alpha value is -2.94. The summed E-state index contributed by atoms with van der Waals surface area (Å²) in [5.74, 6) is 1.80. The standard InChI is InChI=1S/C20H25N7O2/c1-2-8-21-17(3-1)24-15-4-6-16(7-5-15)29-20-25-19(26-9-11-28-12-10-26)13-18-22-14-23-27(18)20/h1-3,8,13-16H,4-7,9-12H2,(H,21,24). The number of morpholine rings is 1. The molecule has 1 aliphatic heterocycles. The van der Waals surface area contributed by atoms with E-state index in [9.17, 15) is 0 Å². The molecule has 1 saturated heterocycles. The highest BCUT2D eigenvalue weighted by Gasteiger charge is 2.25. The van der Waals surface area contributed by atoms with E-state index in [1.165, 1.54) is 0 Å². The quantitative estimate of drug-likeness (QED) is 0.703. The van der Waals surface area contributed by atoms with E-state index in [4.69, 9.17) is 14.5 Å². The van der Waals surface area contributed by atoms with Crippen molar-refractivity contribution in [2.45, 2.75) is 37.8 Å². The van der Waals surface area contributed by atoms with Crippen molar-refractivity contribution in [3.63, 3.8) is 0 Å². The smallest absolute Gasteiger partial charge is 0.321 e. The molecule has 29 heavy (non-hydrogen) atoms. The Morgan fingerprint density at radius 3 is 2.72 bits per heavy atom. The lowest BCUT2D eigenvalue weighted by Crippen LogP contribution is -2.37. The molecule has 2 fully saturated rings. The highest BCUT2D eigenvalue weighted by atomic mass is 16.5. The summed E-state index contributed by atoms with van der Waals surface area (Å²) in [5, 5.41) is 7.81. The van der Waals surface area contributed by atoms with Gasteiger partial charge in [0.2, 0.25) is 0 Å². The highest BCUT2D eigenvalue weighted by Crippen LogP contribution is 2.26. The summed E-state index contributed by atoms with van der Waals surface area (Å²) in [5.41, 5.74) is 0.752. The Kier molecular flexibility index (Phi) is 5.12. The Morgan fingerprint density at radius 1 is 1.07 bits per heavy atom. The minimum absolute atomic E-state index is 0.122. The molecule has 2 aliphatic rings. The van der Waals surface area contributed by atoms with Crippen LogP contribution in [0.25, 0.3) is 5.65 Å². The van der Waals surface area contributed by atoms with Gasteiger partial charge in [0, 0.05) is 31.4 Å². The van der Waals surface area contributed by atoms with E-state index in [1.54, 1.807) is 10.8 Å². The number of nitrogens with zero attached hydrogens (tertiary/aromatic N) is 6. The van der Waals surface area contributed by atoms with E-state index in [1.807, 2.05) is 30.5 Å². The molecule has 0 unspecified atom stereocenters. The lowest BCUT2D eigenvalue weighted by Gasteiger charge is -2.30. The predicted octanol–water partition coefficient (Wildman–Crippen LogP) is 2.16. The van der Waals surface area contributed by atoms with E-state index in [2.05, 4.69) is 25.3 Å². The molecule has 0 bridgehead atoms. The zero-order valence-electron chi connectivity index (χ0n) is 16.3. The number of hydrogen-bond donors (Lipinski definition) is 1. The van der Waals surface area contributed by atoms with Crippen molar-refractivity contribution in [3.8, 4) is 6.01 Å². The third-order valence-electron chi connectivity index (χ3n) is 5.52. The second kappa shape index (κ2) is 8.20. The molecule has 1 saturated carbocycles. The van der Waals surface area contributed by atoms with Gasteiger partial charge in [0.05, 0.1) is 13.2 Å². The molecular formula is C20H25N7O2. The molecule has 9 nitrogen and oxygen atoms in total. The Labute approximate surface area is 169 Å². The molecule has 0 aromatic carbocycles. The van der Waals surface area contributed by atoms with Crippen LogP contribution in [-0.2, 0) is 4.74 Å². The summed E-state index contributed by atoms with van der Waals surface area (Å²) in [6.45, 7) is 3.06. The average molecular weight is 395 g/mol. The fourth-order valence-corrected chi connectivity index (χ4v) is 3.95. The SMILES string of the molecule is c1ccc(NC2CCC(Oc3nc(N4CCOCC4)cc4ncnn34)CC2)nc1. The number of ether oxygens (including phenoxy) is 2. The maximum atomic E-state index is 6.30. The first kappa shape index (κ1) is 18.1. The van der Waals surface area contributed by atoms with Gasteiger partial charge in [0.15, 0.2) is 5.65 Å². The number of pyridine rings is 1. The van der Waals surface area contributed by atoms with Crippen molar-refractivity contribution in [1.29, 1.82) is 0 Å². The third kappa shape index (κ3) is 4.09. The summed E-state index contributed by atoms with van der Waals surface area (Å²) in [6.07, 6.45) is 7.47. The van der Waals surface area contributed by atoms with Gasteiger partial charge in [0.1, 0.15) is 24.1 Å². The average Bonchev–Trinajstić information content (AvgIpc) is 3.26. The maximum absolute atomic E-state index is 6.30. The van der Waals surface area contributed by atoms with Crippen molar-refractivity contribution < 1.29 is 9.47 Å². The Balaban J connectivity index is 1.26. The number of nitrogens with one attached hydrogen (secondary N) is 1. The van der Waals surface area contributed by atoms with Crippen LogP contribution < -0.4 is 15.0 Å². The van der Waals surface area contributed by atoms with E-state index < -0.39 is 0 Å². The zero-order valence-corrected chi connectivity index (χ0v) is 16.3. The fraction of sp³-hybridized carbons (Fsp3) is 0.500. The van der Waals surface area contributed by atoms with Crippen molar-refractivity contribution in [2.24, 2.45) is 0 Å². The van der Waals surface area contributed by atoms with Crippen molar-refractivity contribution in [3.05, 3.63) is 36.8 Å². The normalized spacial score (nSPS) is 22.6. The van der Waals surface area contributed by atoms with Crippen LogP contribution >= 0.6 is 0 Å². The molecule has 0 atom stereocenters. The molecule has 1 aliphatic carbocycles. The van der Waals surface area contributed by atoms with Crippen LogP contribution in [0, 0.1) is 0 Å². The summed E-state index contributed by atoms with van der Waals surface area (Å²) < 4.78 is 13.4.